The third kappa shape index (κ3) is 7.54. The van der Waals surface area contributed by atoms with E-state index < -0.39 is 22.8 Å². The molecule has 0 amide bonds. The van der Waals surface area contributed by atoms with Crippen LogP contribution in [-0.2, 0) is 19.1 Å². The summed E-state index contributed by atoms with van der Waals surface area (Å²) in [6, 6.07) is 5.96. The summed E-state index contributed by atoms with van der Waals surface area (Å²) in [5.41, 5.74) is 1.48. The molecule has 0 aromatic heterocycles. The largest absolute Gasteiger partial charge is 0.466 e. The van der Waals surface area contributed by atoms with Crippen LogP contribution in [0.15, 0.2) is 59.0 Å². The second-order valence-corrected chi connectivity index (χ2v) is 10.9. The highest BCUT2D eigenvalue weighted by Gasteiger charge is 2.39. The Balaban J connectivity index is 1.79. The molecule has 0 spiro atoms. The lowest BCUT2D eigenvalue weighted by atomic mass is 9.80. The van der Waals surface area contributed by atoms with Crippen molar-refractivity contribution in [2.75, 3.05) is 53.0 Å². The summed E-state index contributed by atoms with van der Waals surface area (Å²) in [5, 5.41) is 14.6. The summed E-state index contributed by atoms with van der Waals surface area (Å²) in [5.74, 6) is -2.07. The molecular formula is C29H40N4O6. The molecule has 10 heteroatoms. The van der Waals surface area contributed by atoms with E-state index in [2.05, 4.69) is 41.1 Å². The van der Waals surface area contributed by atoms with Crippen LogP contribution in [0.1, 0.15) is 46.1 Å². The number of allylic oxidation sites excluding steroid dienone is 3. The fourth-order valence-corrected chi connectivity index (χ4v) is 5.17. The van der Waals surface area contributed by atoms with Crippen LogP contribution in [0.5, 0.6) is 0 Å². The molecule has 0 bridgehead atoms. The molecular weight excluding hydrogens is 500 g/mol. The summed E-state index contributed by atoms with van der Waals surface area (Å²) >= 11 is 0. The zero-order valence-electron chi connectivity index (χ0n) is 23.8. The van der Waals surface area contributed by atoms with E-state index in [1.807, 2.05) is 6.92 Å². The summed E-state index contributed by atoms with van der Waals surface area (Å²) < 4.78 is 10.9. The average Bonchev–Trinajstić information content (AvgIpc) is 2.90. The minimum Gasteiger partial charge on any atom is -0.466 e. The first-order chi connectivity index (χ1) is 18.5. The van der Waals surface area contributed by atoms with E-state index in [1.165, 1.54) is 19.2 Å². The van der Waals surface area contributed by atoms with Crippen molar-refractivity contribution in [3.05, 3.63) is 74.6 Å². The van der Waals surface area contributed by atoms with Crippen molar-refractivity contribution in [2.45, 2.75) is 40.5 Å². The third-order valence-corrected chi connectivity index (χ3v) is 7.11. The monoisotopic (exact) mass is 540 g/mol. The van der Waals surface area contributed by atoms with Gasteiger partial charge in [-0.3, -0.25) is 15.0 Å². The van der Waals surface area contributed by atoms with Crippen molar-refractivity contribution >= 4 is 17.6 Å². The van der Waals surface area contributed by atoms with Crippen molar-refractivity contribution < 1.29 is 24.0 Å². The van der Waals surface area contributed by atoms with Crippen molar-refractivity contribution in [1.82, 2.24) is 15.1 Å². The third-order valence-electron chi connectivity index (χ3n) is 7.11. The minimum atomic E-state index is -0.875. The predicted octanol–water partition coefficient (Wildman–Crippen LogP) is 3.77. The number of carbonyl (C=O) groups is 2. The van der Waals surface area contributed by atoms with Crippen molar-refractivity contribution in [3.8, 4) is 0 Å². The molecule has 1 aromatic rings. The Morgan fingerprint density at radius 1 is 1.10 bits per heavy atom. The van der Waals surface area contributed by atoms with E-state index in [0.717, 1.165) is 39.3 Å². The predicted molar refractivity (Wildman–Crippen MR) is 149 cm³/mol. The normalized spacial score (nSPS) is 19.3. The number of esters is 2. The van der Waals surface area contributed by atoms with Gasteiger partial charge in [0.05, 0.1) is 35.7 Å². The molecule has 212 valence electrons. The van der Waals surface area contributed by atoms with E-state index in [-0.39, 0.29) is 28.9 Å². The fourth-order valence-electron chi connectivity index (χ4n) is 5.17. The Morgan fingerprint density at radius 3 is 2.31 bits per heavy atom. The molecule has 0 radical (unpaired) electrons. The molecule has 10 nitrogen and oxygen atoms in total. The molecule has 2 aliphatic rings. The quantitative estimate of drug-likeness (QED) is 0.205. The lowest BCUT2D eigenvalue weighted by Crippen LogP contribution is -2.49. The van der Waals surface area contributed by atoms with E-state index in [9.17, 15) is 19.7 Å². The maximum Gasteiger partial charge on any atom is 0.336 e. The molecule has 2 heterocycles. The Kier molecular flexibility index (Phi) is 10.0. The van der Waals surface area contributed by atoms with Crippen LogP contribution in [0.3, 0.4) is 0 Å². The summed E-state index contributed by atoms with van der Waals surface area (Å²) in [4.78, 5) is 42.2. The number of nitrogens with one attached hydrogen (secondary N) is 1. The van der Waals surface area contributed by atoms with Crippen LogP contribution in [0.25, 0.3) is 0 Å². The Hall–Kier alpha value is -3.50. The lowest BCUT2D eigenvalue weighted by molar-refractivity contribution is -0.384. The van der Waals surface area contributed by atoms with E-state index >= 15 is 0 Å². The van der Waals surface area contributed by atoms with Crippen molar-refractivity contribution in [2.24, 2.45) is 5.41 Å². The number of hydrogen-bond donors (Lipinski definition) is 1. The highest BCUT2D eigenvalue weighted by molar-refractivity contribution is 5.99. The molecule has 3 rings (SSSR count). The van der Waals surface area contributed by atoms with Gasteiger partial charge in [-0.25, -0.2) is 9.59 Å². The Labute approximate surface area is 230 Å². The molecule has 0 aliphatic carbocycles. The van der Waals surface area contributed by atoms with Gasteiger partial charge >= 0.3 is 11.9 Å². The number of rotatable bonds is 10. The zero-order valence-corrected chi connectivity index (χ0v) is 23.8. The SMILES string of the molecule is C/C=C/CN1CCN(CC(C)(C)COC(=O)C2=C(C)NC(C)=C(C(=O)OC)C2c2cccc([N+](=O)[O-])c2)CC1. The number of nitrogens with zero attached hydrogens (tertiary/aromatic N) is 3. The van der Waals surface area contributed by atoms with Crippen LogP contribution < -0.4 is 5.32 Å². The number of dihydropyridines is 1. The van der Waals surface area contributed by atoms with Gasteiger partial charge in [0.2, 0.25) is 0 Å². The number of non-ortho nitro benzene ring substituents is 1. The molecule has 1 saturated heterocycles. The van der Waals surface area contributed by atoms with Gasteiger partial charge in [0.15, 0.2) is 0 Å². The molecule has 1 aromatic carbocycles. The number of methoxy groups -OCH3 is 1. The number of hydrogen-bond acceptors (Lipinski definition) is 9. The van der Waals surface area contributed by atoms with Gasteiger partial charge in [-0.1, -0.05) is 38.1 Å². The van der Waals surface area contributed by atoms with Gasteiger partial charge in [-0.2, -0.15) is 0 Å². The number of benzene rings is 1. The minimum absolute atomic E-state index is 0.134. The fraction of sp³-hybridized carbons (Fsp3) is 0.517. The highest BCUT2D eigenvalue weighted by Crippen LogP contribution is 2.40. The molecule has 0 saturated carbocycles. The number of carbonyl (C=O) groups excluding carboxylic acids is 2. The maximum absolute atomic E-state index is 13.6. The van der Waals surface area contributed by atoms with Gasteiger partial charge in [0.25, 0.3) is 5.69 Å². The standard InChI is InChI=1S/C29H40N4O6/c1-7-8-12-31-13-15-32(16-14-31)18-29(4,5)19-39-28(35)25-21(3)30-20(2)24(27(34)38-6)26(25)22-10-9-11-23(17-22)33(36)37/h7-11,17,26,30H,12-16,18-19H2,1-6H3/b8-7+. The van der Waals surface area contributed by atoms with Gasteiger partial charge in [0.1, 0.15) is 0 Å². The average molecular weight is 541 g/mol. The first kappa shape index (κ1) is 30.0. The number of piperazine rings is 1. The Bertz CT molecular complexity index is 1180. The van der Waals surface area contributed by atoms with E-state index in [4.69, 9.17) is 9.47 Å². The second kappa shape index (κ2) is 13.0. The number of nitro benzene ring substituents is 1. The van der Waals surface area contributed by atoms with Crippen LogP contribution in [0.2, 0.25) is 0 Å². The maximum atomic E-state index is 13.6. The first-order valence-corrected chi connectivity index (χ1v) is 13.2. The molecule has 39 heavy (non-hydrogen) atoms. The van der Waals surface area contributed by atoms with Gasteiger partial charge in [-0.15, -0.1) is 0 Å². The van der Waals surface area contributed by atoms with E-state index in [1.54, 1.807) is 26.0 Å². The Morgan fingerprint density at radius 2 is 1.72 bits per heavy atom. The summed E-state index contributed by atoms with van der Waals surface area (Å²) in [7, 11) is 1.26. The first-order valence-electron chi connectivity index (χ1n) is 13.2. The van der Waals surface area contributed by atoms with Gasteiger partial charge in [0, 0.05) is 68.2 Å². The van der Waals surface area contributed by atoms with Crippen LogP contribution in [-0.4, -0.2) is 79.6 Å². The highest BCUT2D eigenvalue weighted by atomic mass is 16.6. The van der Waals surface area contributed by atoms with Crippen molar-refractivity contribution in [3.63, 3.8) is 0 Å². The van der Waals surface area contributed by atoms with Crippen LogP contribution in [0.4, 0.5) is 5.69 Å². The zero-order chi connectivity index (χ0) is 28.7. The topological polar surface area (TPSA) is 114 Å². The lowest BCUT2D eigenvalue weighted by Gasteiger charge is -2.38. The molecule has 1 fully saturated rings. The molecule has 1 N–H and O–H groups in total. The van der Waals surface area contributed by atoms with Gasteiger partial charge < -0.3 is 19.7 Å². The summed E-state index contributed by atoms with van der Waals surface area (Å²) in [6.07, 6.45) is 4.23. The van der Waals surface area contributed by atoms with Crippen LogP contribution >= 0.6 is 0 Å². The number of nitro groups is 1. The van der Waals surface area contributed by atoms with Crippen LogP contribution in [0, 0.1) is 15.5 Å². The second-order valence-electron chi connectivity index (χ2n) is 10.9. The van der Waals surface area contributed by atoms with Gasteiger partial charge in [-0.05, 0) is 26.3 Å². The molecule has 2 aliphatic heterocycles. The number of ether oxygens (including phenoxy) is 2. The van der Waals surface area contributed by atoms with E-state index in [0.29, 0.717) is 17.0 Å². The molecule has 1 atom stereocenters. The smallest absolute Gasteiger partial charge is 0.336 e. The van der Waals surface area contributed by atoms with Crippen molar-refractivity contribution in [1.29, 1.82) is 0 Å². The molecule has 1 unspecified atom stereocenters. The summed E-state index contributed by atoms with van der Waals surface area (Å²) in [6.45, 7) is 15.4.